The van der Waals surface area contributed by atoms with Crippen LogP contribution in [0.15, 0.2) is 48.7 Å². The van der Waals surface area contributed by atoms with E-state index in [0.717, 1.165) is 43.7 Å². The highest BCUT2D eigenvalue weighted by molar-refractivity contribution is 5.71. The number of rotatable bonds is 6. The van der Waals surface area contributed by atoms with Gasteiger partial charge in [-0.1, -0.05) is 18.2 Å². The highest BCUT2D eigenvalue weighted by atomic mass is 19.1. The number of fused-ring (bicyclic) bond motifs is 1. The number of halogens is 1. The van der Waals surface area contributed by atoms with Crippen molar-refractivity contribution in [1.29, 1.82) is 0 Å². The summed E-state index contributed by atoms with van der Waals surface area (Å²) < 4.78 is 18.5. The predicted molar refractivity (Wildman–Crippen MR) is 95.0 cm³/mol. The molecule has 1 aromatic heterocycles. The molecule has 0 bridgehead atoms. The zero-order valence-electron chi connectivity index (χ0n) is 14.6. The summed E-state index contributed by atoms with van der Waals surface area (Å²) in [7, 11) is 0. The molecule has 2 saturated heterocycles. The first-order valence-corrected chi connectivity index (χ1v) is 9.03. The molecule has 2 aromatic rings. The summed E-state index contributed by atoms with van der Waals surface area (Å²) >= 11 is 0. The number of carbonyl (C=O) groups is 1. The Labute approximate surface area is 152 Å². The molecule has 1 aromatic carbocycles. The van der Waals surface area contributed by atoms with E-state index in [9.17, 15) is 9.18 Å². The highest BCUT2D eigenvalue weighted by Gasteiger charge is 2.47. The topological polar surface area (TPSA) is 45.7 Å². The van der Waals surface area contributed by atoms with Gasteiger partial charge in [-0.15, -0.1) is 0 Å². The fourth-order valence-corrected chi connectivity index (χ4v) is 3.79. The SMILES string of the molecule is O=C1O[C@@H]2CN(Cc3ccccn3)C[C@@H]2N1CCCc1ccc(F)cc1. The van der Waals surface area contributed by atoms with E-state index in [1.165, 1.54) is 12.1 Å². The summed E-state index contributed by atoms with van der Waals surface area (Å²) in [5.41, 5.74) is 2.11. The largest absolute Gasteiger partial charge is 0.442 e. The maximum atomic E-state index is 13.0. The molecular weight excluding hydrogens is 333 g/mol. The van der Waals surface area contributed by atoms with Gasteiger partial charge in [0.25, 0.3) is 0 Å². The van der Waals surface area contributed by atoms with Crippen LogP contribution in [0.25, 0.3) is 0 Å². The van der Waals surface area contributed by atoms with Gasteiger partial charge in [0.05, 0.1) is 11.7 Å². The molecular formula is C20H22FN3O2. The van der Waals surface area contributed by atoms with Crippen LogP contribution in [0.1, 0.15) is 17.7 Å². The van der Waals surface area contributed by atoms with Crippen molar-refractivity contribution in [2.24, 2.45) is 0 Å². The van der Waals surface area contributed by atoms with Crippen LogP contribution < -0.4 is 0 Å². The molecule has 2 aliphatic heterocycles. The van der Waals surface area contributed by atoms with Gasteiger partial charge < -0.3 is 9.64 Å². The Morgan fingerprint density at radius 3 is 2.77 bits per heavy atom. The Bertz CT molecular complexity index is 753. The molecule has 2 atom stereocenters. The summed E-state index contributed by atoms with van der Waals surface area (Å²) in [5, 5.41) is 0. The number of carbonyl (C=O) groups excluding carboxylic acids is 1. The van der Waals surface area contributed by atoms with Gasteiger partial charge in [-0.2, -0.15) is 0 Å². The zero-order chi connectivity index (χ0) is 17.9. The van der Waals surface area contributed by atoms with Gasteiger partial charge in [-0.25, -0.2) is 9.18 Å². The van der Waals surface area contributed by atoms with Gasteiger partial charge in [0, 0.05) is 32.4 Å². The molecule has 26 heavy (non-hydrogen) atoms. The number of hydrogen-bond acceptors (Lipinski definition) is 4. The third-order valence-electron chi connectivity index (χ3n) is 5.09. The van der Waals surface area contributed by atoms with Crippen molar-refractivity contribution >= 4 is 6.09 Å². The van der Waals surface area contributed by atoms with Gasteiger partial charge in [0.1, 0.15) is 11.9 Å². The van der Waals surface area contributed by atoms with E-state index in [-0.39, 0.29) is 24.1 Å². The van der Waals surface area contributed by atoms with Crippen LogP contribution >= 0.6 is 0 Å². The van der Waals surface area contributed by atoms with Gasteiger partial charge in [0.15, 0.2) is 0 Å². The summed E-state index contributed by atoms with van der Waals surface area (Å²) in [4.78, 5) is 20.7. The normalized spacial score (nSPS) is 22.5. The second kappa shape index (κ2) is 7.41. The third-order valence-corrected chi connectivity index (χ3v) is 5.09. The van der Waals surface area contributed by atoms with Gasteiger partial charge >= 0.3 is 6.09 Å². The van der Waals surface area contributed by atoms with E-state index in [1.807, 2.05) is 23.1 Å². The zero-order valence-corrected chi connectivity index (χ0v) is 14.6. The molecule has 136 valence electrons. The quantitative estimate of drug-likeness (QED) is 0.799. The highest BCUT2D eigenvalue weighted by Crippen LogP contribution is 2.28. The molecule has 2 aliphatic rings. The van der Waals surface area contributed by atoms with E-state index in [1.54, 1.807) is 18.3 Å². The Morgan fingerprint density at radius 1 is 1.15 bits per heavy atom. The molecule has 2 fully saturated rings. The molecule has 3 heterocycles. The molecule has 0 aliphatic carbocycles. The summed E-state index contributed by atoms with van der Waals surface area (Å²) in [6, 6.07) is 12.6. The minimum absolute atomic E-state index is 0.0583. The molecule has 0 unspecified atom stereocenters. The molecule has 1 amide bonds. The maximum Gasteiger partial charge on any atom is 0.410 e. The number of ether oxygens (including phenoxy) is 1. The van der Waals surface area contributed by atoms with Gasteiger partial charge in [0.2, 0.25) is 0 Å². The van der Waals surface area contributed by atoms with Crippen molar-refractivity contribution in [1.82, 2.24) is 14.8 Å². The van der Waals surface area contributed by atoms with E-state index < -0.39 is 0 Å². The minimum atomic E-state index is -0.223. The number of hydrogen-bond donors (Lipinski definition) is 0. The lowest BCUT2D eigenvalue weighted by Gasteiger charge is -2.22. The number of aromatic nitrogens is 1. The van der Waals surface area contributed by atoms with Crippen LogP contribution in [0.5, 0.6) is 0 Å². The van der Waals surface area contributed by atoms with E-state index in [0.29, 0.717) is 6.54 Å². The third kappa shape index (κ3) is 3.70. The van der Waals surface area contributed by atoms with E-state index in [2.05, 4.69) is 9.88 Å². The average Bonchev–Trinajstić information content (AvgIpc) is 3.15. The smallest absolute Gasteiger partial charge is 0.410 e. The fourth-order valence-electron chi connectivity index (χ4n) is 3.79. The van der Waals surface area contributed by atoms with Crippen molar-refractivity contribution in [2.75, 3.05) is 19.6 Å². The molecule has 0 radical (unpaired) electrons. The van der Waals surface area contributed by atoms with Gasteiger partial charge in [-0.3, -0.25) is 9.88 Å². The van der Waals surface area contributed by atoms with Crippen molar-refractivity contribution in [2.45, 2.75) is 31.5 Å². The van der Waals surface area contributed by atoms with Crippen molar-refractivity contribution < 1.29 is 13.9 Å². The maximum absolute atomic E-state index is 13.0. The van der Waals surface area contributed by atoms with Crippen LogP contribution in [0, 0.1) is 5.82 Å². The number of nitrogens with zero attached hydrogens (tertiary/aromatic N) is 3. The number of aryl methyl sites for hydroxylation is 1. The molecule has 4 rings (SSSR count). The lowest BCUT2D eigenvalue weighted by Crippen LogP contribution is -2.38. The second-order valence-corrected chi connectivity index (χ2v) is 6.93. The van der Waals surface area contributed by atoms with Crippen molar-refractivity contribution in [3.05, 3.63) is 65.7 Å². The first kappa shape index (κ1) is 17.0. The van der Waals surface area contributed by atoms with Crippen LogP contribution in [0.2, 0.25) is 0 Å². The molecule has 6 heteroatoms. The Balaban J connectivity index is 1.31. The minimum Gasteiger partial charge on any atom is -0.442 e. The standard InChI is InChI=1S/C20H22FN3O2/c21-16-8-6-15(7-9-16)4-3-11-24-18-13-23(14-19(18)26-20(24)25)12-17-5-1-2-10-22-17/h1-2,5-10,18-19H,3-4,11-14H2/t18-,19+/m0/s1. The predicted octanol–water partition coefficient (Wildman–Crippen LogP) is 2.86. The molecule has 0 spiro atoms. The Hall–Kier alpha value is -2.47. The van der Waals surface area contributed by atoms with Crippen LogP contribution in [-0.4, -0.2) is 52.7 Å². The van der Waals surface area contributed by atoms with Crippen molar-refractivity contribution in [3.8, 4) is 0 Å². The van der Waals surface area contributed by atoms with Crippen molar-refractivity contribution in [3.63, 3.8) is 0 Å². The Morgan fingerprint density at radius 2 is 2.00 bits per heavy atom. The monoisotopic (exact) mass is 355 g/mol. The number of pyridine rings is 1. The lowest BCUT2D eigenvalue weighted by atomic mass is 10.1. The fraction of sp³-hybridized carbons (Fsp3) is 0.400. The van der Waals surface area contributed by atoms with Crippen LogP contribution in [-0.2, 0) is 17.7 Å². The average molecular weight is 355 g/mol. The summed E-state index contributed by atoms with van der Waals surface area (Å²) in [5.74, 6) is -0.223. The molecule has 0 N–H and O–H groups in total. The summed E-state index contributed by atoms with van der Waals surface area (Å²) in [6.07, 6.45) is 3.19. The second-order valence-electron chi connectivity index (χ2n) is 6.93. The lowest BCUT2D eigenvalue weighted by molar-refractivity contribution is 0.120. The van der Waals surface area contributed by atoms with Gasteiger partial charge in [-0.05, 0) is 42.7 Å². The van der Waals surface area contributed by atoms with Crippen LogP contribution in [0.4, 0.5) is 9.18 Å². The number of amides is 1. The van der Waals surface area contributed by atoms with E-state index in [4.69, 9.17) is 4.74 Å². The molecule has 5 nitrogen and oxygen atoms in total. The molecule has 0 saturated carbocycles. The summed E-state index contributed by atoms with van der Waals surface area (Å²) in [6.45, 7) is 2.99. The number of benzene rings is 1. The first-order valence-electron chi connectivity index (χ1n) is 9.03. The van der Waals surface area contributed by atoms with E-state index >= 15 is 0 Å². The Kier molecular flexibility index (Phi) is 4.84. The first-order chi connectivity index (χ1) is 12.7. The van der Waals surface area contributed by atoms with Crippen LogP contribution in [0.3, 0.4) is 0 Å². The number of likely N-dealkylation sites (tertiary alicyclic amines) is 1.